The van der Waals surface area contributed by atoms with Gasteiger partial charge in [-0.3, -0.25) is 9.48 Å². The SMILES string of the molecule is CCc1nn(C[C@H]2CC[C@H](NC(=O)c3cc(C(F)(F)F)ccc3Cl)CC2)cc1C. The molecule has 3 rings (SSSR count). The Morgan fingerprint density at radius 1 is 1.28 bits per heavy atom. The Morgan fingerprint density at radius 3 is 2.55 bits per heavy atom. The van der Waals surface area contributed by atoms with E-state index < -0.39 is 17.6 Å². The summed E-state index contributed by atoms with van der Waals surface area (Å²) in [4.78, 5) is 12.5. The van der Waals surface area contributed by atoms with Gasteiger partial charge >= 0.3 is 6.18 Å². The second-order valence-corrected chi connectivity index (χ2v) is 8.13. The molecule has 1 amide bonds. The van der Waals surface area contributed by atoms with Gasteiger partial charge in [-0.2, -0.15) is 18.3 Å². The minimum absolute atomic E-state index is 0.0185. The summed E-state index contributed by atoms with van der Waals surface area (Å²) < 4.78 is 40.7. The molecule has 0 bridgehead atoms. The molecule has 1 N–H and O–H groups in total. The first-order valence-electron chi connectivity index (χ1n) is 9.88. The third kappa shape index (κ3) is 5.32. The van der Waals surface area contributed by atoms with E-state index in [0.717, 1.165) is 62.5 Å². The lowest BCUT2D eigenvalue weighted by Crippen LogP contribution is -2.38. The van der Waals surface area contributed by atoms with Crippen molar-refractivity contribution in [3.63, 3.8) is 0 Å². The quantitative estimate of drug-likeness (QED) is 0.693. The number of alkyl halides is 3. The molecule has 0 aliphatic heterocycles. The molecule has 1 aliphatic rings. The molecule has 1 heterocycles. The fourth-order valence-electron chi connectivity index (χ4n) is 3.90. The van der Waals surface area contributed by atoms with Crippen LogP contribution in [0, 0.1) is 12.8 Å². The van der Waals surface area contributed by atoms with E-state index in [4.69, 9.17) is 11.6 Å². The zero-order valence-electron chi connectivity index (χ0n) is 16.5. The number of benzene rings is 1. The number of carbonyl (C=O) groups is 1. The third-order valence-electron chi connectivity index (χ3n) is 5.55. The number of aromatic nitrogens is 2. The number of carbonyl (C=O) groups excluding carboxylic acids is 1. The fourth-order valence-corrected chi connectivity index (χ4v) is 4.10. The highest BCUT2D eigenvalue weighted by molar-refractivity contribution is 6.33. The van der Waals surface area contributed by atoms with Crippen LogP contribution >= 0.6 is 11.6 Å². The molecule has 1 fully saturated rings. The zero-order chi connectivity index (χ0) is 21.2. The van der Waals surface area contributed by atoms with Gasteiger partial charge in [-0.1, -0.05) is 18.5 Å². The Bertz CT molecular complexity index is 871. The minimum atomic E-state index is -4.51. The zero-order valence-corrected chi connectivity index (χ0v) is 17.3. The van der Waals surface area contributed by atoms with E-state index >= 15 is 0 Å². The van der Waals surface area contributed by atoms with Crippen molar-refractivity contribution in [2.75, 3.05) is 0 Å². The van der Waals surface area contributed by atoms with Crippen LogP contribution in [0.25, 0.3) is 0 Å². The van der Waals surface area contributed by atoms with Crippen LogP contribution in [-0.2, 0) is 19.1 Å². The minimum Gasteiger partial charge on any atom is -0.349 e. The van der Waals surface area contributed by atoms with Gasteiger partial charge in [0.05, 0.1) is 21.8 Å². The van der Waals surface area contributed by atoms with E-state index in [9.17, 15) is 18.0 Å². The third-order valence-corrected chi connectivity index (χ3v) is 5.88. The summed E-state index contributed by atoms with van der Waals surface area (Å²) in [5.74, 6) is -0.0795. The molecule has 1 aliphatic carbocycles. The summed E-state index contributed by atoms with van der Waals surface area (Å²) in [6, 6.07) is 2.75. The number of nitrogens with zero attached hydrogens (tertiary/aromatic N) is 2. The normalized spacial score (nSPS) is 19.9. The number of hydrogen-bond acceptors (Lipinski definition) is 2. The molecule has 1 saturated carbocycles. The number of amides is 1. The lowest BCUT2D eigenvalue weighted by atomic mass is 9.86. The molecule has 0 saturated heterocycles. The van der Waals surface area contributed by atoms with Gasteiger partial charge in [0.2, 0.25) is 0 Å². The van der Waals surface area contributed by atoms with Gasteiger partial charge in [-0.25, -0.2) is 0 Å². The van der Waals surface area contributed by atoms with Crippen molar-refractivity contribution < 1.29 is 18.0 Å². The molecule has 29 heavy (non-hydrogen) atoms. The first-order valence-corrected chi connectivity index (χ1v) is 10.3. The molecule has 0 atom stereocenters. The summed E-state index contributed by atoms with van der Waals surface area (Å²) in [7, 11) is 0. The van der Waals surface area contributed by atoms with Gasteiger partial charge in [-0.05, 0) is 68.7 Å². The van der Waals surface area contributed by atoms with Gasteiger partial charge in [0.1, 0.15) is 0 Å². The highest BCUT2D eigenvalue weighted by Gasteiger charge is 2.32. The van der Waals surface area contributed by atoms with Crippen molar-refractivity contribution in [2.45, 2.75) is 64.7 Å². The van der Waals surface area contributed by atoms with Crippen LogP contribution in [0.3, 0.4) is 0 Å². The van der Waals surface area contributed by atoms with Gasteiger partial charge in [0.15, 0.2) is 0 Å². The van der Waals surface area contributed by atoms with Gasteiger partial charge < -0.3 is 5.32 Å². The molecular formula is C21H25ClF3N3O. The average Bonchev–Trinajstić information content (AvgIpc) is 3.02. The maximum absolute atomic E-state index is 12.9. The standard InChI is InChI=1S/C21H25ClF3N3O/c1-3-19-13(2)11-28(27-19)12-14-4-7-16(8-5-14)26-20(29)17-10-15(21(23,24)25)6-9-18(17)22/h6,9-11,14,16H,3-5,7-8,12H2,1-2H3,(H,26,29)/t14-,16-. The summed E-state index contributed by atoms with van der Waals surface area (Å²) >= 11 is 5.96. The van der Waals surface area contributed by atoms with Crippen molar-refractivity contribution in [3.05, 3.63) is 51.8 Å². The average molecular weight is 428 g/mol. The number of nitrogens with one attached hydrogen (secondary N) is 1. The van der Waals surface area contributed by atoms with E-state index in [-0.39, 0.29) is 16.6 Å². The van der Waals surface area contributed by atoms with Gasteiger partial charge in [0, 0.05) is 18.8 Å². The van der Waals surface area contributed by atoms with Gasteiger partial charge in [-0.15, -0.1) is 0 Å². The Balaban J connectivity index is 1.56. The Hall–Kier alpha value is -2.02. The smallest absolute Gasteiger partial charge is 0.349 e. The molecule has 0 spiro atoms. The predicted octanol–water partition coefficient (Wildman–Crippen LogP) is 5.41. The van der Waals surface area contributed by atoms with Crippen molar-refractivity contribution in [3.8, 4) is 0 Å². The molecule has 1 aromatic heterocycles. The van der Waals surface area contributed by atoms with Crippen molar-refractivity contribution in [1.82, 2.24) is 15.1 Å². The second kappa shape index (κ2) is 8.78. The first-order chi connectivity index (χ1) is 13.7. The lowest BCUT2D eigenvalue weighted by molar-refractivity contribution is -0.137. The molecular weight excluding hydrogens is 403 g/mol. The molecule has 158 valence electrons. The highest BCUT2D eigenvalue weighted by atomic mass is 35.5. The topological polar surface area (TPSA) is 46.9 Å². The lowest BCUT2D eigenvalue weighted by Gasteiger charge is -2.29. The van der Waals surface area contributed by atoms with Crippen LogP contribution < -0.4 is 5.32 Å². The number of rotatable bonds is 5. The maximum Gasteiger partial charge on any atom is 0.416 e. The van der Waals surface area contributed by atoms with E-state index in [0.29, 0.717) is 5.92 Å². The summed E-state index contributed by atoms with van der Waals surface area (Å²) in [5, 5.41) is 7.47. The number of hydrogen-bond donors (Lipinski definition) is 1. The molecule has 0 radical (unpaired) electrons. The monoisotopic (exact) mass is 427 g/mol. The van der Waals surface area contributed by atoms with E-state index in [1.54, 1.807) is 0 Å². The summed E-state index contributed by atoms with van der Waals surface area (Å²) in [5.41, 5.74) is 1.30. The van der Waals surface area contributed by atoms with Crippen LogP contribution in [0.1, 0.15) is 59.8 Å². The number of aryl methyl sites for hydroxylation is 2. The second-order valence-electron chi connectivity index (χ2n) is 7.72. The van der Waals surface area contributed by atoms with Crippen LogP contribution in [0.2, 0.25) is 5.02 Å². The van der Waals surface area contributed by atoms with E-state index in [1.165, 1.54) is 5.56 Å². The van der Waals surface area contributed by atoms with Gasteiger partial charge in [0.25, 0.3) is 5.91 Å². The summed E-state index contributed by atoms with van der Waals surface area (Å²) in [6.07, 6.45) is 1.91. The largest absolute Gasteiger partial charge is 0.416 e. The van der Waals surface area contributed by atoms with Crippen LogP contribution in [0.15, 0.2) is 24.4 Å². The number of halogens is 4. The highest BCUT2D eigenvalue weighted by Crippen LogP contribution is 2.32. The Kier molecular flexibility index (Phi) is 6.56. The fraction of sp³-hybridized carbons (Fsp3) is 0.524. The van der Waals surface area contributed by atoms with E-state index in [2.05, 4.69) is 30.5 Å². The van der Waals surface area contributed by atoms with Crippen molar-refractivity contribution >= 4 is 17.5 Å². The van der Waals surface area contributed by atoms with Crippen LogP contribution in [0.4, 0.5) is 13.2 Å². The molecule has 0 unspecified atom stereocenters. The first kappa shape index (κ1) is 21.7. The van der Waals surface area contributed by atoms with Crippen molar-refractivity contribution in [1.29, 1.82) is 0 Å². The Morgan fingerprint density at radius 2 is 1.97 bits per heavy atom. The van der Waals surface area contributed by atoms with Crippen LogP contribution in [0.5, 0.6) is 0 Å². The van der Waals surface area contributed by atoms with E-state index in [1.807, 2.05) is 4.68 Å². The predicted molar refractivity (Wildman–Crippen MR) is 106 cm³/mol. The molecule has 4 nitrogen and oxygen atoms in total. The maximum atomic E-state index is 12.9. The Labute approximate surface area is 173 Å². The summed E-state index contributed by atoms with van der Waals surface area (Å²) in [6.45, 7) is 5.00. The molecule has 2 aromatic rings. The molecule has 8 heteroatoms. The van der Waals surface area contributed by atoms with Crippen molar-refractivity contribution in [2.24, 2.45) is 5.92 Å². The molecule has 1 aromatic carbocycles. The van der Waals surface area contributed by atoms with Crippen LogP contribution in [-0.4, -0.2) is 21.7 Å².